The Labute approximate surface area is 112 Å². The maximum atomic E-state index is 11.8. The van der Waals surface area contributed by atoms with Gasteiger partial charge in [0.25, 0.3) is 0 Å². The highest BCUT2D eigenvalue weighted by Gasteiger charge is 2.14. The van der Waals surface area contributed by atoms with E-state index in [0.29, 0.717) is 0 Å². The third kappa shape index (κ3) is 5.27. The van der Waals surface area contributed by atoms with Gasteiger partial charge in [0.2, 0.25) is 15.9 Å². The van der Waals surface area contributed by atoms with Gasteiger partial charge in [0.15, 0.2) is 0 Å². The van der Waals surface area contributed by atoms with E-state index < -0.39 is 10.0 Å². The summed E-state index contributed by atoms with van der Waals surface area (Å²) < 4.78 is 26.0. The van der Waals surface area contributed by atoms with E-state index in [0.717, 1.165) is 6.07 Å². The molecule has 0 aromatic heterocycles. The summed E-state index contributed by atoms with van der Waals surface area (Å²) in [5.41, 5.74) is 0. The van der Waals surface area contributed by atoms with E-state index in [1.807, 2.05) is 13.8 Å². The molecule has 0 aliphatic carbocycles. The van der Waals surface area contributed by atoms with Crippen molar-refractivity contribution in [2.45, 2.75) is 31.2 Å². The van der Waals surface area contributed by atoms with Crippen molar-refractivity contribution in [3.05, 3.63) is 24.3 Å². The first-order valence-corrected chi connectivity index (χ1v) is 7.37. The zero-order valence-corrected chi connectivity index (χ0v) is 11.7. The van der Waals surface area contributed by atoms with Crippen molar-refractivity contribution >= 4 is 15.9 Å². The summed E-state index contributed by atoms with van der Waals surface area (Å²) in [6.07, 6.45) is 0.0657. The number of hydrogen-bond donors (Lipinski definition) is 3. The number of hydrogen-bond acceptors (Lipinski definition) is 4. The SMILES string of the molecule is CC(C)NC(=O)CCNS(=O)(=O)c1cccc(O)c1. The van der Waals surface area contributed by atoms with Crippen LogP contribution in [-0.4, -0.2) is 32.0 Å². The molecule has 1 aromatic carbocycles. The molecule has 0 aliphatic heterocycles. The zero-order valence-electron chi connectivity index (χ0n) is 10.9. The molecule has 0 fully saturated rings. The number of sulfonamides is 1. The molecule has 6 nitrogen and oxygen atoms in total. The molecule has 0 radical (unpaired) electrons. The van der Waals surface area contributed by atoms with Gasteiger partial charge in [-0.15, -0.1) is 0 Å². The van der Waals surface area contributed by atoms with Gasteiger partial charge in [-0.3, -0.25) is 4.79 Å². The quantitative estimate of drug-likeness (QED) is 0.713. The molecule has 19 heavy (non-hydrogen) atoms. The van der Waals surface area contributed by atoms with Crippen molar-refractivity contribution in [1.29, 1.82) is 0 Å². The monoisotopic (exact) mass is 286 g/mol. The average molecular weight is 286 g/mol. The lowest BCUT2D eigenvalue weighted by atomic mass is 10.3. The van der Waals surface area contributed by atoms with Crippen LogP contribution in [0.15, 0.2) is 29.2 Å². The molecule has 106 valence electrons. The number of aromatic hydroxyl groups is 1. The van der Waals surface area contributed by atoms with Crippen LogP contribution in [0, 0.1) is 0 Å². The van der Waals surface area contributed by atoms with Gasteiger partial charge in [0.05, 0.1) is 4.90 Å². The first-order valence-electron chi connectivity index (χ1n) is 5.89. The van der Waals surface area contributed by atoms with Crippen molar-refractivity contribution in [3.8, 4) is 5.75 Å². The molecule has 1 amide bonds. The van der Waals surface area contributed by atoms with Crippen LogP contribution in [0.2, 0.25) is 0 Å². The Bertz CT molecular complexity index is 540. The maximum absolute atomic E-state index is 11.8. The lowest BCUT2D eigenvalue weighted by Crippen LogP contribution is -2.34. The smallest absolute Gasteiger partial charge is 0.240 e. The minimum Gasteiger partial charge on any atom is -0.508 e. The Morgan fingerprint density at radius 3 is 2.63 bits per heavy atom. The summed E-state index contributed by atoms with van der Waals surface area (Å²) in [4.78, 5) is 11.3. The molecule has 0 saturated heterocycles. The predicted octanol–water partition coefficient (Wildman–Crippen LogP) is 0.585. The van der Waals surface area contributed by atoms with Crippen molar-refractivity contribution < 1.29 is 18.3 Å². The Morgan fingerprint density at radius 1 is 1.37 bits per heavy atom. The van der Waals surface area contributed by atoms with Crippen molar-refractivity contribution in [2.24, 2.45) is 0 Å². The molecular weight excluding hydrogens is 268 g/mol. The topological polar surface area (TPSA) is 95.5 Å². The number of carbonyl (C=O) groups excluding carboxylic acids is 1. The summed E-state index contributed by atoms with van der Waals surface area (Å²) >= 11 is 0. The number of benzene rings is 1. The minimum absolute atomic E-state index is 0.0105. The lowest BCUT2D eigenvalue weighted by Gasteiger charge is -2.09. The predicted molar refractivity (Wildman–Crippen MR) is 71.2 cm³/mol. The van der Waals surface area contributed by atoms with Crippen LogP contribution in [-0.2, 0) is 14.8 Å². The summed E-state index contributed by atoms with van der Waals surface area (Å²) in [6.45, 7) is 3.67. The van der Waals surface area contributed by atoms with E-state index in [2.05, 4.69) is 10.0 Å². The van der Waals surface area contributed by atoms with Crippen LogP contribution < -0.4 is 10.0 Å². The van der Waals surface area contributed by atoms with Crippen LogP contribution in [0.1, 0.15) is 20.3 Å². The van der Waals surface area contributed by atoms with Gasteiger partial charge in [-0.25, -0.2) is 13.1 Å². The summed E-state index contributed by atoms with van der Waals surface area (Å²) in [6, 6.07) is 5.37. The fourth-order valence-corrected chi connectivity index (χ4v) is 2.50. The Morgan fingerprint density at radius 2 is 2.05 bits per heavy atom. The molecule has 0 heterocycles. The molecule has 0 bridgehead atoms. The lowest BCUT2D eigenvalue weighted by molar-refractivity contribution is -0.121. The van der Waals surface area contributed by atoms with Gasteiger partial charge in [-0.05, 0) is 32.0 Å². The van der Waals surface area contributed by atoms with Crippen molar-refractivity contribution in [2.75, 3.05) is 6.54 Å². The Kier molecular flexibility index (Phi) is 5.31. The van der Waals surface area contributed by atoms with Crippen LogP contribution in [0.5, 0.6) is 5.75 Å². The number of phenols is 1. The van der Waals surface area contributed by atoms with Gasteiger partial charge in [-0.2, -0.15) is 0 Å². The van der Waals surface area contributed by atoms with Gasteiger partial charge in [0.1, 0.15) is 5.75 Å². The highest BCUT2D eigenvalue weighted by Crippen LogP contribution is 2.15. The molecule has 0 unspecified atom stereocenters. The number of phenolic OH excluding ortho intramolecular Hbond substituents is 1. The number of nitrogens with one attached hydrogen (secondary N) is 2. The summed E-state index contributed by atoms with van der Waals surface area (Å²) in [5, 5.41) is 11.9. The van der Waals surface area contributed by atoms with Crippen LogP contribution in [0.3, 0.4) is 0 Å². The second-order valence-electron chi connectivity index (χ2n) is 4.37. The van der Waals surface area contributed by atoms with Gasteiger partial charge < -0.3 is 10.4 Å². The molecule has 7 heteroatoms. The normalized spacial score (nSPS) is 11.5. The van der Waals surface area contributed by atoms with E-state index >= 15 is 0 Å². The van der Waals surface area contributed by atoms with Gasteiger partial charge >= 0.3 is 0 Å². The number of carbonyl (C=O) groups is 1. The molecule has 0 aliphatic rings. The fraction of sp³-hybridized carbons (Fsp3) is 0.417. The summed E-state index contributed by atoms with van der Waals surface area (Å²) in [5.74, 6) is -0.339. The van der Waals surface area contributed by atoms with E-state index in [1.54, 1.807) is 0 Å². The Balaban J connectivity index is 2.55. The second kappa shape index (κ2) is 6.53. The maximum Gasteiger partial charge on any atom is 0.240 e. The van der Waals surface area contributed by atoms with Crippen molar-refractivity contribution in [1.82, 2.24) is 10.0 Å². The molecule has 1 rings (SSSR count). The number of rotatable bonds is 6. The minimum atomic E-state index is -3.70. The van der Waals surface area contributed by atoms with E-state index in [9.17, 15) is 18.3 Å². The van der Waals surface area contributed by atoms with Gasteiger partial charge in [-0.1, -0.05) is 6.07 Å². The molecule has 1 aromatic rings. The van der Waals surface area contributed by atoms with E-state index in [1.165, 1.54) is 18.2 Å². The van der Waals surface area contributed by atoms with Crippen molar-refractivity contribution in [3.63, 3.8) is 0 Å². The first kappa shape index (κ1) is 15.5. The molecule has 0 spiro atoms. The van der Waals surface area contributed by atoms with Gasteiger partial charge in [0, 0.05) is 19.0 Å². The second-order valence-corrected chi connectivity index (χ2v) is 6.13. The van der Waals surface area contributed by atoms with E-state index in [-0.39, 0.29) is 35.6 Å². The molecule has 3 N–H and O–H groups in total. The standard InChI is InChI=1S/C12H18N2O4S/c1-9(2)14-12(16)6-7-13-19(17,18)11-5-3-4-10(15)8-11/h3-5,8-9,13,15H,6-7H2,1-2H3,(H,14,16). The average Bonchev–Trinajstić information content (AvgIpc) is 2.27. The highest BCUT2D eigenvalue weighted by molar-refractivity contribution is 7.89. The van der Waals surface area contributed by atoms with E-state index in [4.69, 9.17) is 0 Å². The number of amides is 1. The van der Waals surface area contributed by atoms with Crippen LogP contribution in [0.25, 0.3) is 0 Å². The van der Waals surface area contributed by atoms with Crippen LogP contribution >= 0.6 is 0 Å². The molecule has 0 saturated carbocycles. The third-order valence-corrected chi connectivity index (χ3v) is 3.68. The molecular formula is C12H18N2O4S. The summed E-state index contributed by atoms with van der Waals surface area (Å²) in [7, 11) is -3.70. The highest BCUT2D eigenvalue weighted by atomic mass is 32.2. The zero-order chi connectivity index (χ0) is 14.5. The largest absolute Gasteiger partial charge is 0.508 e. The third-order valence-electron chi connectivity index (χ3n) is 2.22. The first-order chi connectivity index (χ1) is 8.81. The molecule has 0 atom stereocenters. The fourth-order valence-electron chi connectivity index (χ4n) is 1.43. The Hall–Kier alpha value is -1.60. The van der Waals surface area contributed by atoms with Crippen LogP contribution in [0.4, 0.5) is 0 Å².